The van der Waals surface area contributed by atoms with E-state index in [0.717, 1.165) is 4.57 Å². The van der Waals surface area contributed by atoms with Crippen molar-refractivity contribution < 1.29 is 37.1 Å². The third-order valence-electron chi connectivity index (χ3n) is 7.55. The second-order valence-corrected chi connectivity index (χ2v) is 20.3. The highest BCUT2D eigenvalue weighted by molar-refractivity contribution is 6.84. The molecule has 1 aromatic rings. The molecule has 39 heavy (non-hydrogen) atoms. The van der Waals surface area contributed by atoms with E-state index in [4.69, 9.17) is 27.5 Å². The Kier molecular flexibility index (Phi) is 9.82. The van der Waals surface area contributed by atoms with E-state index in [1.807, 2.05) is 0 Å². The molecule has 0 amide bonds. The Balaban J connectivity index is 2.14. The highest BCUT2D eigenvalue weighted by Gasteiger charge is 2.62. The molecule has 2 fully saturated rings. The monoisotopic (exact) mass is 586 g/mol. The largest absolute Gasteiger partial charge is 0.481 e. The zero-order valence-corrected chi connectivity index (χ0v) is 26.0. The van der Waals surface area contributed by atoms with Gasteiger partial charge in [0.25, 0.3) is 5.56 Å². The van der Waals surface area contributed by atoms with Gasteiger partial charge in [0, 0.05) is 12.3 Å². The third kappa shape index (κ3) is 6.30. The molecule has 220 valence electrons. The van der Waals surface area contributed by atoms with Crippen molar-refractivity contribution in [3.05, 3.63) is 33.1 Å². The molecule has 4 atom stereocenters. The predicted molar refractivity (Wildman–Crippen MR) is 146 cm³/mol. The Labute approximate surface area is 230 Å². The molecule has 0 radical (unpaired) electrons. The number of nitrogens with zero attached hydrogens (tertiary/aromatic N) is 1. The number of carboxylic acids is 1. The van der Waals surface area contributed by atoms with Crippen molar-refractivity contribution in [3.63, 3.8) is 0 Å². The third-order valence-corrected chi connectivity index (χ3v) is 17.8. The van der Waals surface area contributed by atoms with E-state index in [2.05, 4.69) is 60.4 Å². The van der Waals surface area contributed by atoms with Crippen molar-refractivity contribution in [2.45, 2.75) is 115 Å². The normalized spacial score (nSPS) is 26.5. The number of aromatic amines is 1. The SMILES string of the molecule is CC(C)[Si]1(C(C)C)OC[C@H]2O[C@@H](n3ccc(=O)[nH]c3=O)[C@@H](OC(=O)CCC(=O)O)[C@@H]2O[Si](C(C)C)(C(C)C)O1. The van der Waals surface area contributed by atoms with Crippen molar-refractivity contribution in [2.24, 2.45) is 0 Å². The fourth-order valence-electron chi connectivity index (χ4n) is 5.52. The first kappa shape index (κ1) is 31.4. The van der Waals surface area contributed by atoms with Gasteiger partial charge in [0.15, 0.2) is 12.3 Å². The molecule has 0 spiro atoms. The molecule has 14 heteroatoms. The van der Waals surface area contributed by atoms with E-state index < -0.39 is 71.3 Å². The molecule has 2 saturated heterocycles. The van der Waals surface area contributed by atoms with Crippen LogP contribution in [0.25, 0.3) is 0 Å². The minimum Gasteiger partial charge on any atom is -0.481 e. The molecule has 0 saturated carbocycles. The molecule has 0 aromatic carbocycles. The molecular weight excluding hydrogens is 544 g/mol. The van der Waals surface area contributed by atoms with E-state index in [0.29, 0.717) is 0 Å². The van der Waals surface area contributed by atoms with Gasteiger partial charge in [-0.15, -0.1) is 0 Å². The molecule has 12 nitrogen and oxygen atoms in total. The van der Waals surface area contributed by atoms with Gasteiger partial charge in [-0.3, -0.25) is 23.9 Å². The number of hydrogen-bond donors (Lipinski definition) is 2. The maximum Gasteiger partial charge on any atom is 0.335 e. The predicted octanol–water partition coefficient (Wildman–Crippen LogP) is 3.17. The van der Waals surface area contributed by atoms with Crippen molar-refractivity contribution in [3.8, 4) is 0 Å². The van der Waals surface area contributed by atoms with Crippen LogP contribution in [0.4, 0.5) is 0 Å². The average Bonchev–Trinajstić information content (AvgIpc) is 3.12. The Bertz CT molecular complexity index is 1130. The summed E-state index contributed by atoms with van der Waals surface area (Å²) in [4.78, 5) is 50.5. The Hall–Kier alpha value is -2.11. The van der Waals surface area contributed by atoms with Crippen molar-refractivity contribution in [1.82, 2.24) is 9.55 Å². The summed E-state index contributed by atoms with van der Waals surface area (Å²) in [5, 5.41) is 9.04. The second-order valence-electron chi connectivity index (χ2n) is 11.5. The van der Waals surface area contributed by atoms with Gasteiger partial charge in [0.05, 0.1) is 19.4 Å². The summed E-state index contributed by atoms with van der Waals surface area (Å²) in [5.41, 5.74) is -1.14. The number of nitrogens with one attached hydrogen (secondary N) is 1. The van der Waals surface area contributed by atoms with E-state index in [1.54, 1.807) is 0 Å². The van der Waals surface area contributed by atoms with Crippen molar-refractivity contribution in [1.29, 1.82) is 0 Å². The molecule has 2 aliphatic rings. The van der Waals surface area contributed by atoms with Gasteiger partial charge in [-0.1, -0.05) is 55.4 Å². The van der Waals surface area contributed by atoms with Gasteiger partial charge >= 0.3 is 34.8 Å². The molecule has 0 bridgehead atoms. The van der Waals surface area contributed by atoms with Gasteiger partial charge in [-0.25, -0.2) is 4.79 Å². The van der Waals surface area contributed by atoms with Crippen LogP contribution in [0.3, 0.4) is 0 Å². The fraction of sp³-hybridized carbons (Fsp3) is 0.760. The zero-order valence-electron chi connectivity index (χ0n) is 24.0. The minimum absolute atomic E-state index is 0.0116. The summed E-state index contributed by atoms with van der Waals surface area (Å²) < 4.78 is 34.2. The Morgan fingerprint density at radius 3 is 2.13 bits per heavy atom. The van der Waals surface area contributed by atoms with Crippen LogP contribution in [-0.4, -0.2) is 68.6 Å². The Morgan fingerprint density at radius 1 is 1.03 bits per heavy atom. The number of fused-ring (bicyclic) bond motifs is 1. The number of carbonyl (C=O) groups excluding carboxylic acids is 1. The minimum atomic E-state index is -3.12. The van der Waals surface area contributed by atoms with Gasteiger partial charge in [0.1, 0.15) is 12.2 Å². The number of carboxylic acid groups (broad SMARTS) is 1. The number of aromatic nitrogens is 2. The number of H-pyrrole nitrogens is 1. The molecule has 2 aliphatic heterocycles. The molecule has 0 aliphatic carbocycles. The van der Waals surface area contributed by atoms with Crippen LogP contribution in [-0.2, 0) is 32.0 Å². The summed E-state index contributed by atoms with van der Waals surface area (Å²) in [6.45, 7) is 16.7. The lowest BCUT2D eigenvalue weighted by Gasteiger charge is -2.51. The maximum atomic E-state index is 12.8. The lowest BCUT2D eigenvalue weighted by atomic mass is 10.1. The number of aliphatic carboxylic acids is 1. The van der Waals surface area contributed by atoms with E-state index in [1.165, 1.54) is 12.3 Å². The summed E-state index contributed by atoms with van der Waals surface area (Å²) in [5.74, 6) is -1.91. The number of hydrogen-bond acceptors (Lipinski definition) is 9. The Morgan fingerprint density at radius 2 is 1.62 bits per heavy atom. The number of carbonyl (C=O) groups is 2. The first-order chi connectivity index (χ1) is 18.1. The first-order valence-electron chi connectivity index (χ1n) is 13.5. The van der Waals surface area contributed by atoms with Gasteiger partial charge in [-0.2, -0.15) is 0 Å². The fourth-order valence-corrected chi connectivity index (χ4v) is 16.7. The zero-order chi connectivity index (χ0) is 29.3. The molecule has 3 rings (SSSR count). The number of rotatable bonds is 9. The van der Waals surface area contributed by atoms with E-state index in [-0.39, 0.29) is 35.2 Å². The molecule has 1 aromatic heterocycles. The summed E-state index contributed by atoms with van der Waals surface area (Å²) in [7, 11) is -6.00. The molecular formula is C25H42N2O10Si2. The van der Waals surface area contributed by atoms with Crippen molar-refractivity contribution in [2.75, 3.05) is 6.61 Å². The van der Waals surface area contributed by atoms with Gasteiger partial charge in [0.2, 0.25) is 0 Å². The van der Waals surface area contributed by atoms with Crippen LogP contribution in [0.1, 0.15) is 74.5 Å². The molecule has 2 N–H and O–H groups in total. The number of esters is 1. The van der Waals surface area contributed by atoms with Gasteiger partial charge in [-0.05, 0) is 22.2 Å². The molecule has 3 heterocycles. The van der Waals surface area contributed by atoms with E-state index in [9.17, 15) is 19.2 Å². The smallest absolute Gasteiger partial charge is 0.335 e. The lowest BCUT2D eigenvalue weighted by molar-refractivity contribution is -0.160. The topological polar surface area (TPSA) is 155 Å². The lowest BCUT2D eigenvalue weighted by Crippen LogP contribution is -2.66. The van der Waals surface area contributed by atoms with Crippen LogP contribution in [0.2, 0.25) is 22.2 Å². The first-order valence-corrected chi connectivity index (χ1v) is 17.5. The average molecular weight is 587 g/mol. The van der Waals surface area contributed by atoms with Crippen molar-refractivity contribution >= 4 is 29.1 Å². The van der Waals surface area contributed by atoms with Gasteiger partial charge < -0.3 is 27.5 Å². The molecule has 0 unspecified atom stereocenters. The second kappa shape index (κ2) is 12.2. The van der Waals surface area contributed by atoms with Crippen LogP contribution in [0.15, 0.2) is 21.9 Å². The summed E-state index contributed by atoms with van der Waals surface area (Å²) in [6, 6.07) is 1.17. The van der Waals surface area contributed by atoms with Crippen LogP contribution in [0, 0.1) is 0 Å². The maximum absolute atomic E-state index is 12.8. The summed E-state index contributed by atoms with van der Waals surface area (Å²) in [6.07, 6.45) is -3.34. The highest BCUT2D eigenvalue weighted by atomic mass is 28.5. The highest BCUT2D eigenvalue weighted by Crippen LogP contribution is 2.48. The van der Waals surface area contributed by atoms with Crippen LogP contribution >= 0.6 is 0 Å². The quantitative estimate of drug-likeness (QED) is 0.325. The van der Waals surface area contributed by atoms with Crippen LogP contribution < -0.4 is 11.2 Å². The number of ether oxygens (including phenoxy) is 2. The van der Waals surface area contributed by atoms with Crippen LogP contribution in [0.5, 0.6) is 0 Å². The van der Waals surface area contributed by atoms with E-state index >= 15 is 0 Å². The summed E-state index contributed by atoms with van der Waals surface area (Å²) >= 11 is 0. The standard InChI is InChI=1S/C25H42N2O10Si2/c1-14(2)38(15(3)4)33-13-18-22(36-39(37-38,16(5)6)17(7)8)23(35-21(31)10-9-20(29)30)24(34-18)27-12-11-19(28)26-25(27)32/h11-12,14-18,22-24H,9-10,13H2,1-8H3,(H,29,30)(H,26,28,32)/t18-,22-,23+,24-/m1/s1.